The van der Waals surface area contributed by atoms with Gasteiger partial charge >= 0.3 is 5.97 Å². The van der Waals surface area contributed by atoms with Gasteiger partial charge in [-0.1, -0.05) is 0 Å². The van der Waals surface area contributed by atoms with Gasteiger partial charge in [0.15, 0.2) is 0 Å². The predicted molar refractivity (Wildman–Crippen MR) is 62.6 cm³/mol. The summed E-state index contributed by atoms with van der Waals surface area (Å²) in [4.78, 5) is 24.4. The van der Waals surface area contributed by atoms with Crippen LogP contribution in [0.1, 0.15) is 33.6 Å². The van der Waals surface area contributed by atoms with Gasteiger partial charge < -0.3 is 14.7 Å². The van der Waals surface area contributed by atoms with E-state index in [9.17, 15) is 9.59 Å². The Hall–Kier alpha value is -1.10. The molecule has 0 spiro atoms. The number of rotatable bonds is 5. The van der Waals surface area contributed by atoms with Crippen molar-refractivity contribution in [2.45, 2.75) is 45.8 Å². The Kier molecular flexibility index (Phi) is 4.93. The Morgan fingerprint density at radius 2 is 2.12 bits per heavy atom. The Morgan fingerprint density at radius 3 is 2.53 bits per heavy atom. The molecule has 0 aromatic heterocycles. The van der Waals surface area contributed by atoms with Gasteiger partial charge in [-0.2, -0.15) is 0 Å². The molecule has 1 fully saturated rings. The monoisotopic (exact) mass is 243 g/mol. The maximum Gasteiger partial charge on any atom is 0.305 e. The lowest BCUT2D eigenvalue weighted by Gasteiger charge is -2.28. The van der Waals surface area contributed by atoms with Crippen LogP contribution in [0.15, 0.2) is 0 Å². The van der Waals surface area contributed by atoms with Crippen LogP contribution in [0.2, 0.25) is 0 Å². The van der Waals surface area contributed by atoms with Crippen molar-refractivity contribution in [1.82, 2.24) is 4.90 Å². The largest absolute Gasteiger partial charge is 0.481 e. The molecule has 1 aliphatic heterocycles. The number of nitrogens with zero attached hydrogens (tertiary/aromatic N) is 1. The van der Waals surface area contributed by atoms with Crippen LogP contribution in [0.4, 0.5) is 0 Å². The second-order valence-corrected chi connectivity index (χ2v) is 4.85. The Labute approximate surface area is 102 Å². The van der Waals surface area contributed by atoms with Crippen molar-refractivity contribution in [3.05, 3.63) is 0 Å². The quantitative estimate of drug-likeness (QED) is 0.785. The molecule has 0 radical (unpaired) electrons. The van der Waals surface area contributed by atoms with E-state index in [0.717, 1.165) is 6.42 Å². The molecule has 5 heteroatoms. The normalized spacial score (nSPS) is 24.0. The van der Waals surface area contributed by atoms with E-state index in [1.807, 2.05) is 20.8 Å². The molecular formula is C12H21NO4. The van der Waals surface area contributed by atoms with Gasteiger partial charge in [0.25, 0.3) is 0 Å². The van der Waals surface area contributed by atoms with E-state index in [-0.39, 0.29) is 36.9 Å². The van der Waals surface area contributed by atoms with E-state index in [1.54, 1.807) is 4.90 Å². The maximum absolute atomic E-state index is 12.2. The molecule has 1 aliphatic rings. The van der Waals surface area contributed by atoms with Crippen LogP contribution in [0.5, 0.6) is 0 Å². The van der Waals surface area contributed by atoms with Crippen LogP contribution in [0, 0.1) is 5.92 Å². The highest BCUT2D eigenvalue weighted by Crippen LogP contribution is 2.22. The van der Waals surface area contributed by atoms with Gasteiger partial charge in [-0.15, -0.1) is 0 Å². The van der Waals surface area contributed by atoms with E-state index in [2.05, 4.69) is 0 Å². The summed E-state index contributed by atoms with van der Waals surface area (Å²) in [5, 5.41) is 8.67. The molecule has 2 atom stereocenters. The van der Waals surface area contributed by atoms with Crippen LogP contribution in [0.3, 0.4) is 0 Å². The fraction of sp³-hybridized carbons (Fsp3) is 0.833. The van der Waals surface area contributed by atoms with E-state index in [4.69, 9.17) is 9.84 Å². The van der Waals surface area contributed by atoms with Crippen molar-refractivity contribution in [2.75, 3.05) is 13.2 Å². The standard InChI is InChI=1S/C12H21NO4/c1-8(2)13(5-4-11(14)15)12(16)10-6-9(3)17-7-10/h8-10H,4-7H2,1-3H3,(H,14,15). The number of carbonyl (C=O) groups excluding carboxylic acids is 1. The lowest BCUT2D eigenvalue weighted by atomic mass is 10.0. The lowest BCUT2D eigenvalue weighted by Crippen LogP contribution is -2.42. The molecule has 0 bridgehead atoms. The van der Waals surface area contributed by atoms with Crippen molar-refractivity contribution in [2.24, 2.45) is 5.92 Å². The third-order valence-corrected chi connectivity index (χ3v) is 3.02. The van der Waals surface area contributed by atoms with Gasteiger partial charge in [-0.25, -0.2) is 0 Å². The first-order chi connectivity index (χ1) is 7.91. The highest BCUT2D eigenvalue weighted by atomic mass is 16.5. The second kappa shape index (κ2) is 6.00. The molecule has 1 amide bonds. The molecule has 0 aromatic carbocycles. The summed E-state index contributed by atoms with van der Waals surface area (Å²) < 4.78 is 5.38. The second-order valence-electron chi connectivity index (χ2n) is 4.85. The number of carbonyl (C=O) groups is 2. The molecule has 2 unspecified atom stereocenters. The first-order valence-electron chi connectivity index (χ1n) is 6.05. The lowest BCUT2D eigenvalue weighted by molar-refractivity contribution is -0.140. The number of aliphatic carboxylic acids is 1. The summed E-state index contributed by atoms with van der Waals surface area (Å²) in [6.07, 6.45) is 0.847. The number of amides is 1. The average Bonchev–Trinajstić information content (AvgIpc) is 2.63. The third-order valence-electron chi connectivity index (χ3n) is 3.02. The average molecular weight is 243 g/mol. The molecule has 17 heavy (non-hydrogen) atoms. The molecule has 0 aliphatic carbocycles. The highest BCUT2D eigenvalue weighted by Gasteiger charge is 2.32. The molecule has 1 N–H and O–H groups in total. The van der Waals surface area contributed by atoms with E-state index >= 15 is 0 Å². The third kappa shape index (κ3) is 4.00. The summed E-state index contributed by atoms with van der Waals surface area (Å²) >= 11 is 0. The minimum Gasteiger partial charge on any atom is -0.481 e. The fourth-order valence-corrected chi connectivity index (χ4v) is 2.06. The smallest absolute Gasteiger partial charge is 0.305 e. The Balaban J connectivity index is 2.57. The van der Waals surface area contributed by atoms with Gasteiger partial charge in [-0.05, 0) is 27.2 Å². The molecule has 0 saturated carbocycles. The summed E-state index contributed by atoms with van der Waals surface area (Å²) in [5.74, 6) is -0.966. The topological polar surface area (TPSA) is 66.8 Å². The Bertz CT molecular complexity index is 290. The first-order valence-corrected chi connectivity index (χ1v) is 6.05. The van der Waals surface area contributed by atoms with Crippen molar-refractivity contribution < 1.29 is 19.4 Å². The fourth-order valence-electron chi connectivity index (χ4n) is 2.06. The predicted octanol–water partition coefficient (Wildman–Crippen LogP) is 1.12. The van der Waals surface area contributed by atoms with Crippen LogP contribution in [-0.4, -0.2) is 47.2 Å². The number of hydrogen-bond acceptors (Lipinski definition) is 3. The van der Waals surface area contributed by atoms with Crippen LogP contribution < -0.4 is 0 Å². The summed E-state index contributed by atoms with van der Waals surface area (Å²) in [6.45, 7) is 6.48. The molecule has 1 rings (SSSR count). The molecule has 5 nitrogen and oxygen atoms in total. The summed E-state index contributed by atoms with van der Waals surface area (Å²) in [5.41, 5.74) is 0. The molecule has 1 heterocycles. The van der Waals surface area contributed by atoms with Gasteiger partial charge in [-0.3, -0.25) is 9.59 Å². The van der Waals surface area contributed by atoms with Crippen LogP contribution >= 0.6 is 0 Å². The SMILES string of the molecule is CC1CC(C(=O)N(CCC(=O)O)C(C)C)CO1. The van der Waals surface area contributed by atoms with E-state index in [0.29, 0.717) is 6.61 Å². The van der Waals surface area contributed by atoms with Crippen molar-refractivity contribution in [1.29, 1.82) is 0 Å². The van der Waals surface area contributed by atoms with Crippen molar-refractivity contribution in [3.8, 4) is 0 Å². The Morgan fingerprint density at radius 1 is 1.47 bits per heavy atom. The van der Waals surface area contributed by atoms with E-state index in [1.165, 1.54) is 0 Å². The molecule has 0 aromatic rings. The number of carboxylic acids is 1. The van der Waals surface area contributed by atoms with Gasteiger partial charge in [0.2, 0.25) is 5.91 Å². The highest BCUT2D eigenvalue weighted by molar-refractivity contribution is 5.80. The van der Waals surface area contributed by atoms with Crippen LogP contribution in [-0.2, 0) is 14.3 Å². The first kappa shape index (κ1) is 14.0. The van der Waals surface area contributed by atoms with E-state index < -0.39 is 5.97 Å². The molecule has 98 valence electrons. The number of ether oxygens (including phenoxy) is 1. The van der Waals surface area contributed by atoms with Gasteiger partial charge in [0, 0.05) is 12.6 Å². The maximum atomic E-state index is 12.2. The zero-order valence-electron chi connectivity index (χ0n) is 10.7. The summed E-state index contributed by atoms with van der Waals surface area (Å²) in [7, 11) is 0. The van der Waals surface area contributed by atoms with Crippen molar-refractivity contribution >= 4 is 11.9 Å². The zero-order valence-corrected chi connectivity index (χ0v) is 10.7. The van der Waals surface area contributed by atoms with Crippen LogP contribution in [0.25, 0.3) is 0 Å². The van der Waals surface area contributed by atoms with Gasteiger partial charge in [0.1, 0.15) is 0 Å². The zero-order chi connectivity index (χ0) is 13.0. The van der Waals surface area contributed by atoms with Gasteiger partial charge in [0.05, 0.1) is 25.0 Å². The minimum absolute atomic E-state index is 0.00689. The number of hydrogen-bond donors (Lipinski definition) is 1. The van der Waals surface area contributed by atoms with Crippen molar-refractivity contribution in [3.63, 3.8) is 0 Å². The minimum atomic E-state index is -0.875. The number of carboxylic acid groups (broad SMARTS) is 1. The molecular weight excluding hydrogens is 222 g/mol. The summed E-state index contributed by atoms with van der Waals surface area (Å²) in [6, 6.07) is 0.0257. The molecule has 1 saturated heterocycles.